The highest BCUT2D eigenvalue weighted by Gasteiger charge is 2.24. The van der Waals surface area contributed by atoms with Gasteiger partial charge in [0.15, 0.2) is 5.78 Å². The lowest BCUT2D eigenvalue weighted by Crippen LogP contribution is -2.28. The van der Waals surface area contributed by atoms with Gasteiger partial charge in [0.2, 0.25) is 5.88 Å². The molecule has 0 amide bonds. The van der Waals surface area contributed by atoms with Crippen LogP contribution in [-0.2, 0) is 11.3 Å². The molecule has 124 valence electrons. The van der Waals surface area contributed by atoms with E-state index >= 15 is 0 Å². The fraction of sp³-hybridized carbons (Fsp3) is 0.278. The van der Waals surface area contributed by atoms with Crippen LogP contribution in [0.2, 0.25) is 0 Å². The van der Waals surface area contributed by atoms with Crippen molar-refractivity contribution < 1.29 is 14.6 Å². The van der Waals surface area contributed by atoms with E-state index in [1.54, 1.807) is 24.3 Å². The van der Waals surface area contributed by atoms with E-state index in [1.807, 2.05) is 13.0 Å². The van der Waals surface area contributed by atoms with Crippen molar-refractivity contribution in [2.24, 2.45) is 0 Å². The highest BCUT2D eigenvalue weighted by atomic mass is 16.5. The van der Waals surface area contributed by atoms with Gasteiger partial charge in [-0.15, -0.1) is 0 Å². The zero-order valence-electron chi connectivity index (χ0n) is 13.8. The van der Waals surface area contributed by atoms with E-state index in [2.05, 4.69) is 0 Å². The number of ether oxygens (including phenoxy) is 1. The van der Waals surface area contributed by atoms with Crippen LogP contribution in [0.1, 0.15) is 32.6 Å². The molecule has 0 saturated carbocycles. The van der Waals surface area contributed by atoms with E-state index in [0.717, 1.165) is 10.1 Å². The predicted molar refractivity (Wildman–Crippen MR) is 88.3 cm³/mol. The molecule has 1 heterocycles. The number of rotatable bonds is 5. The van der Waals surface area contributed by atoms with Crippen LogP contribution in [0, 0.1) is 25.2 Å². The number of nitrogens with zero attached hydrogens (tertiary/aromatic N) is 2. The van der Waals surface area contributed by atoms with E-state index in [9.17, 15) is 20.0 Å². The molecule has 1 aromatic carbocycles. The lowest BCUT2D eigenvalue weighted by molar-refractivity contribution is 0.103. The Bertz CT molecular complexity index is 874. The largest absolute Gasteiger partial charge is 0.494 e. The van der Waals surface area contributed by atoms with Crippen molar-refractivity contribution >= 4 is 5.78 Å². The molecule has 0 aliphatic rings. The number of hydrogen-bond acceptors (Lipinski definition) is 5. The third-order valence-electron chi connectivity index (χ3n) is 3.86. The van der Waals surface area contributed by atoms with Crippen molar-refractivity contribution in [3.8, 4) is 11.9 Å². The topological polar surface area (TPSA) is 92.3 Å². The smallest absolute Gasteiger partial charge is 0.271 e. The summed E-state index contributed by atoms with van der Waals surface area (Å²) in [7, 11) is 1.46. The lowest BCUT2D eigenvalue weighted by atomic mass is 9.97. The molecule has 0 aliphatic heterocycles. The predicted octanol–water partition coefficient (Wildman–Crippen LogP) is 1.92. The van der Waals surface area contributed by atoms with Crippen LogP contribution in [0.25, 0.3) is 0 Å². The Morgan fingerprint density at radius 3 is 2.46 bits per heavy atom. The summed E-state index contributed by atoms with van der Waals surface area (Å²) in [5.74, 6) is -0.883. The van der Waals surface area contributed by atoms with Crippen molar-refractivity contribution in [2.75, 3.05) is 13.7 Å². The molecule has 0 fully saturated rings. The van der Waals surface area contributed by atoms with E-state index in [-0.39, 0.29) is 29.8 Å². The van der Waals surface area contributed by atoms with Crippen LogP contribution in [0.3, 0.4) is 0 Å². The fourth-order valence-corrected chi connectivity index (χ4v) is 2.46. The first kappa shape index (κ1) is 17.4. The van der Waals surface area contributed by atoms with Crippen LogP contribution in [0.4, 0.5) is 0 Å². The Morgan fingerprint density at radius 2 is 1.92 bits per heavy atom. The average Bonchev–Trinajstić information content (AvgIpc) is 2.55. The van der Waals surface area contributed by atoms with Crippen molar-refractivity contribution in [1.29, 1.82) is 5.26 Å². The molecule has 1 N–H and O–H groups in total. The minimum absolute atomic E-state index is 0.0360. The van der Waals surface area contributed by atoms with Crippen molar-refractivity contribution in [2.45, 2.75) is 20.4 Å². The highest BCUT2D eigenvalue weighted by Crippen LogP contribution is 2.25. The summed E-state index contributed by atoms with van der Waals surface area (Å²) in [6, 6.07) is 8.68. The molecule has 2 rings (SSSR count). The zero-order valence-corrected chi connectivity index (χ0v) is 13.8. The molecule has 24 heavy (non-hydrogen) atoms. The van der Waals surface area contributed by atoms with Gasteiger partial charge < -0.3 is 9.84 Å². The van der Waals surface area contributed by atoms with Gasteiger partial charge in [-0.05, 0) is 19.4 Å². The second-order valence-corrected chi connectivity index (χ2v) is 5.46. The molecule has 0 aliphatic carbocycles. The zero-order chi connectivity index (χ0) is 17.9. The Kier molecular flexibility index (Phi) is 5.17. The SMILES string of the molecule is COCCn1c(O)c(C(=O)c2ccc(C)cc2)c(C)c(C#N)c1=O. The average molecular weight is 326 g/mol. The molecule has 0 spiro atoms. The van der Waals surface area contributed by atoms with Crippen molar-refractivity contribution in [3.05, 3.63) is 62.4 Å². The maximum Gasteiger partial charge on any atom is 0.271 e. The molecule has 1 aromatic heterocycles. The number of methoxy groups -OCH3 is 1. The normalized spacial score (nSPS) is 10.4. The van der Waals surface area contributed by atoms with Gasteiger partial charge in [0, 0.05) is 12.7 Å². The molecule has 6 heteroatoms. The summed E-state index contributed by atoms with van der Waals surface area (Å²) >= 11 is 0. The third kappa shape index (κ3) is 3.07. The minimum atomic E-state index is -0.634. The van der Waals surface area contributed by atoms with Gasteiger partial charge in [-0.3, -0.25) is 14.2 Å². The van der Waals surface area contributed by atoms with Crippen LogP contribution < -0.4 is 5.56 Å². The Hall–Kier alpha value is -2.91. The van der Waals surface area contributed by atoms with Gasteiger partial charge in [0.05, 0.1) is 18.7 Å². The third-order valence-corrected chi connectivity index (χ3v) is 3.86. The van der Waals surface area contributed by atoms with Gasteiger partial charge in [0.1, 0.15) is 11.6 Å². The highest BCUT2D eigenvalue weighted by molar-refractivity contribution is 6.11. The second-order valence-electron chi connectivity index (χ2n) is 5.46. The summed E-state index contributed by atoms with van der Waals surface area (Å²) in [6.45, 7) is 3.60. The Morgan fingerprint density at radius 1 is 1.29 bits per heavy atom. The lowest BCUT2D eigenvalue weighted by Gasteiger charge is -2.15. The molecule has 6 nitrogen and oxygen atoms in total. The summed E-state index contributed by atoms with van der Waals surface area (Å²) < 4.78 is 5.92. The number of aromatic nitrogens is 1. The number of benzene rings is 1. The number of aryl methyl sites for hydroxylation is 1. The first-order valence-corrected chi connectivity index (χ1v) is 7.39. The maximum atomic E-state index is 12.8. The molecule has 2 aromatic rings. The van der Waals surface area contributed by atoms with Gasteiger partial charge in [0.25, 0.3) is 5.56 Å². The second kappa shape index (κ2) is 7.11. The van der Waals surface area contributed by atoms with E-state index in [0.29, 0.717) is 5.56 Å². The molecular formula is C18H18N2O4. The van der Waals surface area contributed by atoms with E-state index < -0.39 is 17.2 Å². The van der Waals surface area contributed by atoms with Gasteiger partial charge >= 0.3 is 0 Å². The van der Waals surface area contributed by atoms with Gasteiger partial charge in [-0.25, -0.2) is 0 Å². The summed E-state index contributed by atoms with van der Waals surface area (Å²) in [6.07, 6.45) is 0. The quantitative estimate of drug-likeness (QED) is 0.847. The standard InChI is InChI=1S/C18H18N2O4/c1-11-4-6-13(7-5-11)16(21)15-12(2)14(10-19)17(22)20(18(15)23)8-9-24-3/h4-7,23H,8-9H2,1-3H3. The maximum absolute atomic E-state index is 12.8. The monoisotopic (exact) mass is 326 g/mol. The number of nitriles is 1. The molecule has 0 atom stereocenters. The molecular weight excluding hydrogens is 308 g/mol. The van der Waals surface area contributed by atoms with Crippen LogP contribution >= 0.6 is 0 Å². The Balaban J connectivity index is 2.69. The van der Waals surface area contributed by atoms with Crippen LogP contribution in [-0.4, -0.2) is 29.2 Å². The minimum Gasteiger partial charge on any atom is -0.494 e. The number of aromatic hydroxyl groups is 1. The number of ketones is 1. The van der Waals surface area contributed by atoms with Gasteiger partial charge in [-0.1, -0.05) is 29.8 Å². The van der Waals surface area contributed by atoms with Crippen LogP contribution in [0.5, 0.6) is 5.88 Å². The first-order chi connectivity index (χ1) is 11.4. The van der Waals surface area contributed by atoms with Crippen molar-refractivity contribution in [1.82, 2.24) is 4.57 Å². The number of carbonyl (C=O) groups excluding carboxylic acids is 1. The van der Waals surface area contributed by atoms with E-state index in [4.69, 9.17) is 4.74 Å². The molecule has 0 radical (unpaired) electrons. The Labute approximate surface area is 139 Å². The molecule has 0 unspecified atom stereocenters. The number of hydrogen-bond donors (Lipinski definition) is 1. The summed E-state index contributed by atoms with van der Waals surface area (Å²) in [4.78, 5) is 25.1. The fourth-order valence-electron chi connectivity index (χ4n) is 2.46. The molecule has 0 saturated heterocycles. The van der Waals surface area contributed by atoms with Gasteiger partial charge in [-0.2, -0.15) is 5.26 Å². The van der Waals surface area contributed by atoms with Crippen molar-refractivity contribution in [3.63, 3.8) is 0 Å². The summed E-state index contributed by atoms with van der Waals surface area (Å²) in [5.41, 5.74) is 0.727. The first-order valence-electron chi connectivity index (χ1n) is 7.39. The van der Waals surface area contributed by atoms with E-state index in [1.165, 1.54) is 14.0 Å². The number of carbonyl (C=O) groups is 1. The number of pyridine rings is 1. The summed E-state index contributed by atoms with van der Waals surface area (Å²) in [5, 5.41) is 19.7. The van der Waals surface area contributed by atoms with Crippen LogP contribution in [0.15, 0.2) is 29.1 Å². The molecule has 0 bridgehead atoms.